The second-order valence-electron chi connectivity index (χ2n) is 5.76. The van der Waals surface area contributed by atoms with Crippen molar-refractivity contribution in [2.45, 2.75) is 33.1 Å². The van der Waals surface area contributed by atoms with E-state index in [0.717, 1.165) is 18.8 Å². The summed E-state index contributed by atoms with van der Waals surface area (Å²) in [5.41, 5.74) is 0.296. The summed E-state index contributed by atoms with van der Waals surface area (Å²) in [6.07, 6.45) is 2.64. The third kappa shape index (κ3) is 2.86. The molecular formula is C15H19ClO3. The van der Waals surface area contributed by atoms with E-state index in [4.69, 9.17) is 11.6 Å². The number of benzene rings is 1. The molecule has 0 saturated heterocycles. The second-order valence-corrected chi connectivity index (χ2v) is 6.14. The quantitative estimate of drug-likeness (QED) is 0.648. The van der Waals surface area contributed by atoms with Crippen LogP contribution in [-0.2, 0) is 0 Å². The largest absolute Gasteiger partial charge is 0.504 e. The number of halogens is 1. The van der Waals surface area contributed by atoms with Gasteiger partial charge in [0.1, 0.15) is 0 Å². The molecule has 0 aromatic heterocycles. The molecule has 2 N–H and O–H groups in total. The number of hydrogen-bond acceptors (Lipinski definition) is 3. The zero-order chi connectivity index (χ0) is 14.2. The molecule has 4 heteroatoms. The van der Waals surface area contributed by atoms with Crippen molar-refractivity contribution in [2.24, 2.45) is 17.8 Å². The lowest BCUT2D eigenvalue weighted by molar-refractivity contribution is 0.0846. The molecule has 3 nitrogen and oxygen atoms in total. The monoisotopic (exact) mass is 282 g/mol. The molecule has 2 rings (SSSR count). The standard InChI is InChI=1S/C15H19ClO3/c1-8(2)10-5-9(6-10)7-13(18)11-3-4-12(17)15(19)14(11)16/h3-4,8-10,17,19H,5-7H2,1-2H3. The lowest BCUT2D eigenvalue weighted by Gasteiger charge is -2.37. The van der Waals surface area contributed by atoms with Gasteiger partial charge in [-0.05, 0) is 42.7 Å². The maximum Gasteiger partial charge on any atom is 0.177 e. The third-order valence-corrected chi connectivity index (χ3v) is 4.47. The molecular weight excluding hydrogens is 264 g/mol. The van der Waals surface area contributed by atoms with Crippen molar-refractivity contribution in [3.63, 3.8) is 0 Å². The number of aromatic hydroxyl groups is 2. The van der Waals surface area contributed by atoms with E-state index in [2.05, 4.69) is 13.8 Å². The van der Waals surface area contributed by atoms with Gasteiger partial charge in [0.2, 0.25) is 0 Å². The summed E-state index contributed by atoms with van der Waals surface area (Å²) in [7, 11) is 0. The molecule has 0 amide bonds. The Bertz CT molecular complexity index is 490. The fraction of sp³-hybridized carbons (Fsp3) is 0.533. The van der Waals surface area contributed by atoms with E-state index in [9.17, 15) is 15.0 Å². The molecule has 1 saturated carbocycles. The highest BCUT2D eigenvalue weighted by molar-refractivity contribution is 6.35. The van der Waals surface area contributed by atoms with Gasteiger partial charge in [0.15, 0.2) is 17.3 Å². The average Bonchev–Trinajstić information content (AvgIpc) is 2.29. The van der Waals surface area contributed by atoms with Gasteiger partial charge in [-0.1, -0.05) is 25.4 Å². The molecule has 0 unspecified atom stereocenters. The van der Waals surface area contributed by atoms with Crippen LogP contribution in [0.5, 0.6) is 11.5 Å². The number of phenolic OH excluding ortho intramolecular Hbond substituents is 2. The maximum atomic E-state index is 12.1. The van der Waals surface area contributed by atoms with Gasteiger partial charge in [-0.15, -0.1) is 0 Å². The zero-order valence-electron chi connectivity index (χ0n) is 11.2. The Morgan fingerprint density at radius 1 is 1.37 bits per heavy atom. The van der Waals surface area contributed by atoms with Gasteiger partial charge in [0.05, 0.1) is 5.02 Å². The number of Topliss-reactive ketones (excluding diaryl/α,β-unsaturated/α-hetero) is 1. The molecule has 1 aromatic rings. The SMILES string of the molecule is CC(C)C1CC(CC(=O)c2ccc(O)c(O)c2Cl)C1. The highest BCUT2D eigenvalue weighted by Gasteiger charge is 2.33. The van der Waals surface area contributed by atoms with Gasteiger partial charge in [-0.25, -0.2) is 0 Å². The van der Waals surface area contributed by atoms with Crippen molar-refractivity contribution in [3.8, 4) is 11.5 Å². The van der Waals surface area contributed by atoms with Gasteiger partial charge in [0.25, 0.3) is 0 Å². The molecule has 1 aliphatic carbocycles. The van der Waals surface area contributed by atoms with E-state index in [-0.39, 0.29) is 16.6 Å². The van der Waals surface area contributed by atoms with E-state index in [1.165, 1.54) is 12.1 Å². The van der Waals surface area contributed by atoms with Crippen molar-refractivity contribution in [2.75, 3.05) is 0 Å². The van der Waals surface area contributed by atoms with Crippen molar-refractivity contribution < 1.29 is 15.0 Å². The average molecular weight is 283 g/mol. The van der Waals surface area contributed by atoms with Crippen LogP contribution < -0.4 is 0 Å². The fourth-order valence-electron chi connectivity index (χ4n) is 2.64. The lowest BCUT2D eigenvalue weighted by Crippen LogP contribution is -2.29. The van der Waals surface area contributed by atoms with Crippen LogP contribution in [0.15, 0.2) is 12.1 Å². The van der Waals surface area contributed by atoms with Gasteiger partial charge >= 0.3 is 0 Å². The summed E-state index contributed by atoms with van der Waals surface area (Å²) in [6.45, 7) is 4.41. The summed E-state index contributed by atoms with van der Waals surface area (Å²) in [4.78, 5) is 12.1. The first kappa shape index (κ1) is 14.2. The smallest absolute Gasteiger partial charge is 0.177 e. The van der Waals surface area contributed by atoms with Crippen LogP contribution in [0, 0.1) is 17.8 Å². The maximum absolute atomic E-state index is 12.1. The molecule has 0 heterocycles. The first-order valence-corrected chi connectivity index (χ1v) is 7.01. The van der Waals surface area contributed by atoms with Crippen molar-refractivity contribution >= 4 is 17.4 Å². The summed E-state index contributed by atoms with van der Waals surface area (Å²) >= 11 is 5.89. The summed E-state index contributed by atoms with van der Waals surface area (Å²) < 4.78 is 0. The molecule has 1 fully saturated rings. The van der Waals surface area contributed by atoms with Crippen molar-refractivity contribution in [3.05, 3.63) is 22.7 Å². The van der Waals surface area contributed by atoms with Gasteiger partial charge in [-0.2, -0.15) is 0 Å². The summed E-state index contributed by atoms with van der Waals surface area (Å²) in [6, 6.07) is 2.77. The van der Waals surface area contributed by atoms with Crippen LogP contribution in [0.4, 0.5) is 0 Å². The normalized spacial score (nSPS) is 22.3. The lowest BCUT2D eigenvalue weighted by atomic mass is 9.67. The first-order valence-electron chi connectivity index (χ1n) is 6.63. The van der Waals surface area contributed by atoms with E-state index in [0.29, 0.717) is 23.8 Å². The number of ketones is 1. The minimum atomic E-state index is -0.416. The predicted octanol–water partition coefficient (Wildman–Crippen LogP) is 4.01. The van der Waals surface area contributed by atoms with Crippen LogP contribution in [-0.4, -0.2) is 16.0 Å². The molecule has 0 atom stereocenters. The molecule has 0 spiro atoms. The zero-order valence-corrected chi connectivity index (χ0v) is 11.9. The molecule has 1 aromatic carbocycles. The first-order chi connectivity index (χ1) is 8.90. The topological polar surface area (TPSA) is 57.5 Å². The van der Waals surface area contributed by atoms with Gasteiger partial charge in [0, 0.05) is 12.0 Å². The van der Waals surface area contributed by atoms with Gasteiger partial charge < -0.3 is 10.2 Å². The van der Waals surface area contributed by atoms with E-state index >= 15 is 0 Å². The molecule has 0 aliphatic heterocycles. The van der Waals surface area contributed by atoms with Gasteiger partial charge in [-0.3, -0.25) is 4.79 Å². The molecule has 0 radical (unpaired) electrons. The number of carbonyl (C=O) groups excluding carboxylic acids is 1. The molecule has 0 bridgehead atoms. The molecule has 19 heavy (non-hydrogen) atoms. The minimum Gasteiger partial charge on any atom is -0.504 e. The highest BCUT2D eigenvalue weighted by Crippen LogP contribution is 2.42. The third-order valence-electron chi connectivity index (χ3n) is 4.08. The Morgan fingerprint density at radius 3 is 2.58 bits per heavy atom. The predicted molar refractivity (Wildman–Crippen MR) is 74.8 cm³/mol. The second kappa shape index (κ2) is 5.41. The van der Waals surface area contributed by atoms with Crippen LogP contribution in [0.1, 0.15) is 43.5 Å². The highest BCUT2D eigenvalue weighted by atomic mass is 35.5. The van der Waals surface area contributed by atoms with Crippen molar-refractivity contribution in [1.29, 1.82) is 0 Å². The van der Waals surface area contributed by atoms with Crippen molar-refractivity contribution in [1.82, 2.24) is 0 Å². The Morgan fingerprint density at radius 2 is 2.00 bits per heavy atom. The Hall–Kier alpha value is -1.22. The van der Waals surface area contributed by atoms with Crippen LogP contribution in [0.25, 0.3) is 0 Å². The van der Waals surface area contributed by atoms with E-state index in [1.54, 1.807) is 0 Å². The number of phenols is 2. The Labute approximate surface area is 118 Å². The minimum absolute atomic E-state index is 0.0512. The number of rotatable bonds is 4. The Kier molecular flexibility index (Phi) is 4.04. The van der Waals surface area contributed by atoms with Crippen LogP contribution in [0.3, 0.4) is 0 Å². The van der Waals surface area contributed by atoms with Crippen LogP contribution >= 0.6 is 11.6 Å². The number of hydrogen-bond donors (Lipinski definition) is 2. The van der Waals surface area contributed by atoms with Crippen LogP contribution in [0.2, 0.25) is 5.02 Å². The Balaban J connectivity index is 2.00. The summed E-state index contributed by atoms with van der Waals surface area (Å²) in [5, 5.41) is 18.8. The molecule has 1 aliphatic rings. The summed E-state index contributed by atoms with van der Waals surface area (Å²) in [5.74, 6) is 1.04. The van der Waals surface area contributed by atoms with E-state index in [1.807, 2.05) is 0 Å². The fourth-order valence-corrected chi connectivity index (χ4v) is 2.91. The molecule has 104 valence electrons. The van der Waals surface area contributed by atoms with E-state index < -0.39 is 5.75 Å². The number of carbonyl (C=O) groups is 1.